The third-order valence-electron chi connectivity index (χ3n) is 4.36. The van der Waals surface area contributed by atoms with Crippen molar-refractivity contribution in [3.63, 3.8) is 0 Å². The summed E-state index contributed by atoms with van der Waals surface area (Å²) < 4.78 is 2.76. The molecule has 0 spiro atoms. The van der Waals surface area contributed by atoms with E-state index in [1.807, 2.05) is 37.3 Å². The summed E-state index contributed by atoms with van der Waals surface area (Å²) in [5.74, 6) is 0. The number of hydrogen-bond donors (Lipinski definition) is 0. The second kappa shape index (κ2) is 5.94. The maximum atomic E-state index is 13.3. The zero-order chi connectivity index (χ0) is 17.0. The van der Waals surface area contributed by atoms with Gasteiger partial charge in [0, 0.05) is 24.2 Å². The minimum atomic E-state index is 0.0464. The molecule has 0 radical (unpaired) electrons. The Bertz CT molecular complexity index is 1120. The first kappa shape index (κ1) is 16.2. The summed E-state index contributed by atoms with van der Waals surface area (Å²) in [5.41, 5.74) is 1.16. The predicted molar refractivity (Wildman–Crippen MR) is 113 cm³/mol. The van der Waals surface area contributed by atoms with Crippen LogP contribution in [0.1, 0.15) is 5.56 Å². The summed E-state index contributed by atoms with van der Waals surface area (Å²) >= 11 is 10.7. The summed E-state index contributed by atoms with van der Waals surface area (Å²) in [5, 5.41) is 5.55. The Morgan fingerprint density at radius 2 is 1.08 bits per heavy atom. The van der Waals surface area contributed by atoms with Crippen LogP contribution in [0.2, 0.25) is 0 Å². The minimum Gasteiger partial charge on any atom is -0.289 e. The Balaban J connectivity index is 2.48. The van der Waals surface area contributed by atoms with Crippen molar-refractivity contribution in [2.75, 3.05) is 0 Å². The number of benzene rings is 3. The second-order valence-electron chi connectivity index (χ2n) is 5.83. The van der Waals surface area contributed by atoms with Gasteiger partial charge in [0.15, 0.2) is 5.43 Å². The van der Waals surface area contributed by atoms with Crippen LogP contribution in [0.3, 0.4) is 0 Å². The van der Waals surface area contributed by atoms with Gasteiger partial charge < -0.3 is 0 Å². The van der Waals surface area contributed by atoms with Crippen molar-refractivity contribution in [1.82, 2.24) is 0 Å². The lowest BCUT2D eigenvalue weighted by atomic mass is 10.0. The highest BCUT2D eigenvalue weighted by Crippen LogP contribution is 2.34. The van der Waals surface area contributed by atoms with Crippen LogP contribution in [0.5, 0.6) is 0 Å². The molecule has 0 aliphatic rings. The highest BCUT2D eigenvalue weighted by Gasteiger charge is 2.12. The molecule has 0 N–H and O–H groups in total. The van der Waals surface area contributed by atoms with Gasteiger partial charge in [-0.2, -0.15) is 0 Å². The molecule has 4 rings (SSSR count). The SMILES string of the molecule is Cc1cc2c(cc1Br)c(=O)c1cc(Br)c(Br)cc1c1ccccc21. The van der Waals surface area contributed by atoms with Crippen molar-refractivity contribution in [2.24, 2.45) is 0 Å². The summed E-state index contributed by atoms with van der Waals surface area (Å²) in [6.45, 7) is 2.04. The first-order valence-electron chi connectivity index (χ1n) is 7.41. The molecule has 0 aliphatic heterocycles. The molecular formula is C20H11Br3O. The van der Waals surface area contributed by atoms with Crippen molar-refractivity contribution in [3.05, 3.63) is 77.7 Å². The molecule has 0 bridgehead atoms. The number of hydrogen-bond acceptors (Lipinski definition) is 1. The zero-order valence-corrected chi connectivity index (χ0v) is 17.4. The lowest BCUT2D eigenvalue weighted by Crippen LogP contribution is -1.99. The Kier molecular flexibility index (Phi) is 4.02. The van der Waals surface area contributed by atoms with Gasteiger partial charge in [-0.25, -0.2) is 0 Å². The van der Waals surface area contributed by atoms with Crippen molar-refractivity contribution in [2.45, 2.75) is 6.92 Å². The van der Waals surface area contributed by atoms with E-state index < -0.39 is 0 Å². The van der Waals surface area contributed by atoms with Crippen molar-refractivity contribution >= 4 is 80.1 Å². The average molecular weight is 507 g/mol. The van der Waals surface area contributed by atoms with E-state index in [1.165, 1.54) is 0 Å². The molecule has 24 heavy (non-hydrogen) atoms. The fraction of sp³-hybridized carbons (Fsp3) is 0.0500. The lowest BCUT2D eigenvalue weighted by Gasteiger charge is -2.02. The summed E-state index contributed by atoms with van der Waals surface area (Å²) in [6, 6.07) is 16.1. The van der Waals surface area contributed by atoms with Crippen molar-refractivity contribution in [3.8, 4) is 0 Å². The first-order chi connectivity index (χ1) is 11.5. The molecule has 1 nitrogen and oxygen atoms in total. The Morgan fingerprint density at radius 3 is 1.67 bits per heavy atom. The molecule has 0 aromatic heterocycles. The Morgan fingerprint density at radius 1 is 0.625 bits per heavy atom. The van der Waals surface area contributed by atoms with E-state index >= 15 is 0 Å². The number of aryl methyl sites for hydroxylation is 1. The number of halogens is 3. The van der Waals surface area contributed by atoms with E-state index in [4.69, 9.17) is 0 Å². The molecule has 0 saturated heterocycles. The van der Waals surface area contributed by atoms with Gasteiger partial charge in [-0.15, -0.1) is 0 Å². The molecule has 0 unspecified atom stereocenters. The van der Waals surface area contributed by atoms with Gasteiger partial charge in [0.2, 0.25) is 0 Å². The van der Waals surface area contributed by atoms with Gasteiger partial charge in [0.05, 0.1) is 0 Å². The van der Waals surface area contributed by atoms with Gasteiger partial charge in [0.25, 0.3) is 0 Å². The standard InChI is InChI=1S/C20H11Br3O/c1-10-6-13-11-4-2-3-5-12(11)14-7-18(22)19(23)9-16(14)20(24)15(13)8-17(10)21/h2-9H,1H3. The summed E-state index contributed by atoms with van der Waals surface area (Å²) in [7, 11) is 0. The largest absolute Gasteiger partial charge is 0.289 e. The monoisotopic (exact) mass is 504 g/mol. The van der Waals surface area contributed by atoms with Gasteiger partial charge in [-0.3, -0.25) is 4.79 Å². The van der Waals surface area contributed by atoms with Gasteiger partial charge in [0.1, 0.15) is 0 Å². The van der Waals surface area contributed by atoms with E-state index in [-0.39, 0.29) is 5.43 Å². The Labute approximate surface area is 164 Å². The van der Waals surface area contributed by atoms with Gasteiger partial charge in [-0.05, 0) is 90.2 Å². The highest BCUT2D eigenvalue weighted by molar-refractivity contribution is 9.13. The average Bonchev–Trinajstić information content (AvgIpc) is 2.66. The van der Waals surface area contributed by atoms with Crippen molar-refractivity contribution in [1.29, 1.82) is 0 Å². The molecule has 0 heterocycles. The normalized spacial score (nSPS) is 11.5. The van der Waals surface area contributed by atoms with Crippen LogP contribution in [-0.4, -0.2) is 0 Å². The van der Waals surface area contributed by atoms with Crippen LogP contribution >= 0.6 is 47.8 Å². The van der Waals surface area contributed by atoms with E-state index in [9.17, 15) is 4.79 Å². The third kappa shape index (κ3) is 2.43. The zero-order valence-electron chi connectivity index (χ0n) is 12.7. The molecule has 0 aliphatic carbocycles. The van der Waals surface area contributed by atoms with Crippen LogP contribution in [0, 0.1) is 6.92 Å². The number of rotatable bonds is 0. The van der Waals surface area contributed by atoms with Crippen molar-refractivity contribution < 1.29 is 0 Å². The molecule has 0 atom stereocenters. The first-order valence-corrected chi connectivity index (χ1v) is 9.79. The molecule has 0 fully saturated rings. The van der Waals surface area contributed by atoms with E-state index in [2.05, 4.69) is 66.0 Å². The molecule has 0 amide bonds. The molecule has 118 valence electrons. The van der Waals surface area contributed by atoms with Gasteiger partial charge >= 0.3 is 0 Å². The topological polar surface area (TPSA) is 17.1 Å². The van der Waals surface area contributed by atoms with E-state index in [0.717, 1.165) is 45.9 Å². The summed E-state index contributed by atoms with van der Waals surface area (Å²) in [6.07, 6.45) is 0. The molecule has 4 heteroatoms. The molecule has 4 aromatic carbocycles. The summed E-state index contributed by atoms with van der Waals surface area (Å²) in [4.78, 5) is 13.3. The highest BCUT2D eigenvalue weighted by atomic mass is 79.9. The van der Waals surface area contributed by atoms with Crippen LogP contribution in [0.15, 0.2) is 66.7 Å². The van der Waals surface area contributed by atoms with E-state index in [0.29, 0.717) is 5.39 Å². The van der Waals surface area contributed by atoms with Crippen LogP contribution in [-0.2, 0) is 0 Å². The Hall–Kier alpha value is -1.23. The third-order valence-corrected chi connectivity index (χ3v) is 7.05. The lowest BCUT2D eigenvalue weighted by molar-refractivity contribution is 1.47. The predicted octanol–water partition coefficient (Wildman–Crippen LogP) is 7.10. The maximum absolute atomic E-state index is 13.3. The molecule has 4 aromatic rings. The second-order valence-corrected chi connectivity index (χ2v) is 8.40. The quantitative estimate of drug-likeness (QED) is 0.248. The van der Waals surface area contributed by atoms with Crippen LogP contribution in [0.4, 0.5) is 0 Å². The smallest absolute Gasteiger partial charge is 0.194 e. The fourth-order valence-electron chi connectivity index (χ4n) is 3.15. The maximum Gasteiger partial charge on any atom is 0.194 e. The van der Waals surface area contributed by atoms with Crippen LogP contribution in [0.25, 0.3) is 32.3 Å². The number of fused-ring (bicyclic) bond motifs is 5. The van der Waals surface area contributed by atoms with Crippen LogP contribution < -0.4 is 5.43 Å². The molecule has 0 saturated carbocycles. The van der Waals surface area contributed by atoms with Gasteiger partial charge in [-0.1, -0.05) is 40.2 Å². The minimum absolute atomic E-state index is 0.0464. The van der Waals surface area contributed by atoms with E-state index in [1.54, 1.807) is 0 Å². The molecular weight excluding hydrogens is 496 g/mol. The fourth-order valence-corrected chi connectivity index (χ4v) is 4.18.